The second-order valence-corrected chi connectivity index (χ2v) is 9.74. The number of nitrogens with one attached hydrogen (secondary N) is 1. The summed E-state index contributed by atoms with van der Waals surface area (Å²) in [6, 6.07) is 16.3. The third-order valence-corrected chi connectivity index (χ3v) is 7.57. The Morgan fingerprint density at radius 2 is 1.75 bits per heavy atom. The van der Waals surface area contributed by atoms with Gasteiger partial charge in [0.2, 0.25) is 15.9 Å². The number of hydrogen-bond donors (Lipinski definition) is 1. The zero-order valence-corrected chi connectivity index (χ0v) is 17.3. The first-order valence-corrected chi connectivity index (χ1v) is 11.6. The molecule has 28 heavy (non-hydrogen) atoms. The van der Waals surface area contributed by atoms with Gasteiger partial charge in [-0.3, -0.25) is 4.79 Å². The lowest BCUT2D eigenvalue weighted by atomic mass is 10.2. The van der Waals surface area contributed by atoms with E-state index in [0.29, 0.717) is 32.0 Å². The molecule has 2 aromatic carbocycles. The Bertz CT molecular complexity index is 880. The average Bonchev–Trinajstić information content (AvgIpc) is 2.73. The van der Waals surface area contributed by atoms with E-state index in [1.807, 2.05) is 37.3 Å². The Hall–Kier alpha value is -1.87. The molecule has 1 heterocycles. The van der Waals surface area contributed by atoms with Crippen LogP contribution >= 0.6 is 11.8 Å². The maximum atomic E-state index is 12.6. The number of morpholine rings is 1. The van der Waals surface area contributed by atoms with Gasteiger partial charge in [-0.2, -0.15) is 4.31 Å². The minimum absolute atomic E-state index is 0.107. The lowest BCUT2D eigenvalue weighted by Gasteiger charge is -2.26. The third kappa shape index (κ3) is 5.35. The molecule has 1 aliphatic rings. The molecule has 1 atom stereocenters. The highest BCUT2D eigenvalue weighted by Crippen LogP contribution is 2.22. The van der Waals surface area contributed by atoms with Crippen LogP contribution in [0.5, 0.6) is 0 Å². The van der Waals surface area contributed by atoms with Crippen LogP contribution in [0.25, 0.3) is 0 Å². The van der Waals surface area contributed by atoms with Crippen LogP contribution in [0.15, 0.2) is 59.5 Å². The molecule has 0 radical (unpaired) electrons. The Kier molecular flexibility index (Phi) is 7.12. The van der Waals surface area contributed by atoms with Crippen LogP contribution in [0, 0.1) is 0 Å². The molecule has 1 amide bonds. The van der Waals surface area contributed by atoms with Crippen LogP contribution in [-0.2, 0) is 25.3 Å². The van der Waals surface area contributed by atoms with Gasteiger partial charge < -0.3 is 10.1 Å². The van der Waals surface area contributed by atoms with Gasteiger partial charge in [-0.05, 0) is 36.8 Å². The molecule has 1 aliphatic heterocycles. The molecular formula is C20H24N2O4S2. The summed E-state index contributed by atoms with van der Waals surface area (Å²) in [7, 11) is -3.53. The van der Waals surface area contributed by atoms with Gasteiger partial charge in [0.25, 0.3) is 0 Å². The highest BCUT2D eigenvalue weighted by Gasteiger charge is 2.26. The van der Waals surface area contributed by atoms with Crippen LogP contribution in [0.4, 0.5) is 5.69 Å². The second kappa shape index (κ2) is 9.56. The van der Waals surface area contributed by atoms with E-state index in [1.165, 1.54) is 22.0 Å². The van der Waals surface area contributed by atoms with E-state index in [4.69, 9.17) is 4.74 Å². The fourth-order valence-corrected chi connectivity index (χ4v) is 5.01. The number of anilines is 1. The SMILES string of the molecule is C[C@H](SCc1ccccc1)C(=O)Nc1ccc(S(=O)(=O)N2CCOCC2)cc1. The highest BCUT2D eigenvalue weighted by molar-refractivity contribution is 7.99. The summed E-state index contributed by atoms with van der Waals surface area (Å²) >= 11 is 1.56. The van der Waals surface area contributed by atoms with Crippen molar-refractivity contribution < 1.29 is 17.9 Å². The molecule has 3 rings (SSSR count). The van der Waals surface area contributed by atoms with Crippen molar-refractivity contribution in [1.82, 2.24) is 4.31 Å². The van der Waals surface area contributed by atoms with Gasteiger partial charge >= 0.3 is 0 Å². The lowest BCUT2D eigenvalue weighted by Crippen LogP contribution is -2.40. The van der Waals surface area contributed by atoms with Crippen molar-refractivity contribution in [3.05, 3.63) is 60.2 Å². The lowest BCUT2D eigenvalue weighted by molar-refractivity contribution is -0.115. The van der Waals surface area contributed by atoms with E-state index in [-0.39, 0.29) is 16.1 Å². The number of sulfonamides is 1. The quantitative estimate of drug-likeness (QED) is 0.745. The van der Waals surface area contributed by atoms with Crippen LogP contribution in [0.1, 0.15) is 12.5 Å². The molecule has 1 fully saturated rings. The third-order valence-electron chi connectivity index (χ3n) is 4.44. The fraction of sp³-hybridized carbons (Fsp3) is 0.350. The Labute approximate surface area is 170 Å². The summed E-state index contributed by atoms with van der Waals surface area (Å²) in [6.07, 6.45) is 0. The van der Waals surface area contributed by atoms with Crippen LogP contribution in [0.3, 0.4) is 0 Å². The summed E-state index contributed by atoms with van der Waals surface area (Å²) < 4.78 is 31.9. The number of ether oxygens (including phenoxy) is 1. The molecule has 8 heteroatoms. The normalized spacial score (nSPS) is 16.5. The number of benzene rings is 2. The van der Waals surface area contributed by atoms with Gasteiger partial charge in [0.15, 0.2) is 0 Å². The van der Waals surface area contributed by atoms with Crippen molar-refractivity contribution in [2.24, 2.45) is 0 Å². The standard InChI is InChI=1S/C20H24N2O4S2/c1-16(27-15-17-5-3-2-4-6-17)20(23)21-18-7-9-19(10-8-18)28(24,25)22-11-13-26-14-12-22/h2-10,16H,11-15H2,1H3,(H,21,23)/t16-/m0/s1. The predicted molar refractivity (Wildman–Crippen MR) is 112 cm³/mol. The van der Waals surface area contributed by atoms with E-state index in [9.17, 15) is 13.2 Å². The van der Waals surface area contributed by atoms with Gasteiger partial charge in [-0.1, -0.05) is 30.3 Å². The molecular weight excluding hydrogens is 396 g/mol. The molecule has 150 valence electrons. The van der Waals surface area contributed by atoms with E-state index in [1.54, 1.807) is 23.9 Å². The Morgan fingerprint density at radius 1 is 1.11 bits per heavy atom. The number of carbonyl (C=O) groups excluding carboxylic acids is 1. The minimum atomic E-state index is -3.53. The topological polar surface area (TPSA) is 75.7 Å². The van der Waals surface area contributed by atoms with Crippen molar-refractivity contribution in [3.8, 4) is 0 Å². The molecule has 0 bridgehead atoms. The summed E-state index contributed by atoms with van der Waals surface area (Å²) in [5.41, 5.74) is 1.75. The van der Waals surface area contributed by atoms with Gasteiger partial charge in [0, 0.05) is 24.5 Å². The summed E-state index contributed by atoms with van der Waals surface area (Å²) in [5, 5.41) is 2.62. The van der Waals surface area contributed by atoms with Gasteiger partial charge in [0.05, 0.1) is 23.4 Å². The summed E-state index contributed by atoms with van der Waals surface area (Å²) in [4.78, 5) is 12.6. The first kappa shape index (κ1) is 20.9. The zero-order chi connectivity index (χ0) is 20.0. The van der Waals surface area contributed by atoms with E-state index < -0.39 is 10.0 Å². The van der Waals surface area contributed by atoms with Crippen LogP contribution in [0.2, 0.25) is 0 Å². The molecule has 0 saturated carbocycles. The van der Waals surface area contributed by atoms with Crippen LogP contribution < -0.4 is 5.32 Å². The number of rotatable bonds is 7. The smallest absolute Gasteiger partial charge is 0.243 e. The van der Waals surface area contributed by atoms with Crippen molar-refractivity contribution >= 4 is 33.4 Å². The zero-order valence-electron chi connectivity index (χ0n) is 15.7. The molecule has 0 unspecified atom stereocenters. The van der Waals surface area contributed by atoms with E-state index >= 15 is 0 Å². The van der Waals surface area contributed by atoms with Gasteiger partial charge in [-0.15, -0.1) is 11.8 Å². The maximum Gasteiger partial charge on any atom is 0.243 e. The predicted octanol–water partition coefficient (Wildman–Crippen LogP) is 2.97. The van der Waals surface area contributed by atoms with Gasteiger partial charge in [0.1, 0.15) is 0 Å². The van der Waals surface area contributed by atoms with Gasteiger partial charge in [-0.25, -0.2) is 8.42 Å². The first-order chi connectivity index (χ1) is 13.5. The van der Waals surface area contributed by atoms with Crippen LogP contribution in [-0.4, -0.2) is 50.2 Å². The second-order valence-electron chi connectivity index (χ2n) is 6.47. The fourth-order valence-electron chi connectivity index (χ4n) is 2.76. The number of nitrogens with zero attached hydrogens (tertiary/aromatic N) is 1. The molecule has 1 saturated heterocycles. The Morgan fingerprint density at radius 3 is 2.39 bits per heavy atom. The van der Waals surface area contributed by atoms with E-state index in [0.717, 1.165) is 5.75 Å². The van der Waals surface area contributed by atoms with Crippen molar-refractivity contribution in [2.75, 3.05) is 31.6 Å². The largest absolute Gasteiger partial charge is 0.379 e. The molecule has 0 aromatic heterocycles. The molecule has 6 nitrogen and oxygen atoms in total. The number of amides is 1. The molecule has 0 aliphatic carbocycles. The number of carbonyl (C=O) groups is 1. The molecule has 0 spiro atoms. The number of hydrogen-bond acceptors (Lipinski definition) is 5. The highest BCUT2D eigenvalue weighted by atomic mass is 32.2. The van der Waals surface area contributed by atoms with Crippen molar-refractivity contribution in [1.29, 1.82) is 0 Å². The summed E-state index contributed by atoms with van der Waals surface area (Å²) in [5.74, 6) is 0.649. The maximum absolute atomic E-state index is 12.6. The number of thioether (sulfide) groups is 1. The molecule has 1 N–H and O–H groups in total. The monoisotopic (exact) mass is 420 g/mol. The summed E-state index contributed by atoms with van der Waals surface area (Å²) in [6.45, 7) is 3.39. The van der Waals surface area contributed by atoms with Crippen molar-refractivity contribution in [3.63, 3.8) is 0 Å². The Balaban J connectivity index is 1.56. The average molecular weight is 421 g/mol. The molecule has 2 aromatic rings. The van der Waals surface area contributed by atoms with Crippen molar-refractivity contribution in [2.45, 2.75) is 22.8 Å². The van der Waals surface area contributed by atoms with E-state index in [2.05, 4.69) is 5.32 Å². The minimum Gasteiger partial charge on any atom is -0.379 e. The first-order valence-electron chi connectivity index (χ1n) is 9.11.